The first-order valence-corrected chi connectivity index (χ1v) is 7.29. The third kappa shape index (κ3) is 2.42. The summed E-state index contributed by atoms with van der Waals surface area (Å²) < 4.78 is 2.29. The zero-order valence-electron chi connectivity index (χ0n) is 12.0. The van der Waals surface area contributed by atoms with Gasteiger partial charge in [0.25, 0.3) is 0 Å². The lowest BCUT2D eigenvalue weighted by molar-refractivity contribution is 0.0697. The highest BCUT2D eigenvalue weighted by molar-refractivity contribution is 5.92. The van der Waals surface area contributed by atoms with Crippen molar-refractivity contribution < 1.29 is 9.90 Å². The third-order valence-corrected chi connectivity index (χ3v) is 3.90. The number of benzene rings is 1. The fraction of sp³-hybridized carbons (Fsp3) is 0.500. The molecule has 4 nitrogen and oxygen atoms in total. The van der Waals surface area contributed by atoms with Gasteiger partial charge < -0.3 is 9.67 Å². The smallest absolute Gasteiger partial charge is 0.335 e. The maximum atomic E-state index is 11.1. The molecule has 0 atom stereocenters. The Labute approximate surface area is 118 Å². The predicted octanol–water partition coefficient (Wildman–Crippen LogP) is 3.66. The Balaban J connectivity index is 2.05. The van der Waals surface area contributed by atoms with Crippen LogP contribution in [0.25, 0.3) is 11.0 Å². The van der Waals surface area contributed by atoms with E-state index in [4.69, 9.17) is 10.1 Å². The molecular formula is C16H20N2O2. The summed E-state index contributed by atoms with van der Waals surface area (Å²) in [4.78, 5) is 15.8. The minimum absolute atomic E-state index is 0.313. The number of rotatable bonds is 5. The number of imidazole rings is 1. The van der Waals surface area contributed by atoms with Crippen molar-refractivity contribution in [2.75, 3.05) is 0 Å². The average Bonchev–Trinajstić information content (AvgIpc) is 3.17. The zero-order valence-corrected chi connectivity index (χ0v) is 12.0. The Hall–Kier alpha value is -1.84. The first kappa shape index (κ1) is 13.2. The maximum absolute atomic E-state index is 11.1. The van der Waals surface area contributed by atoms with Gasteiger partial charge in [0.1, 0.15) is 5.82 Å². The lowest BCUT2D eigenvalue weighted by atomic mass is 10.1. The first-order chi connectivity index (χ1) is 9.56. The molecule has 0 unspecified atom stereocenters. The van der Waals surface area contributed by atoms with E-state index in [2.05, 4.69) is 18.4 Å². The fourth-order valence-electron chi connectivity index (χ4n) is 2.56. The maximum Gasteiger partial charge on any atom is 0.335 e. The summed E-state index contributed by atoms with van der Waals surface area (Å²) in [5.41, 5.74) is 2.20. The van der Waals surface area contributed by atoms with Gasteiger partial charge in [-0.05, 0) is 43.4 Å². The highest BCUT2D eigenvalue weighted by Gasteiger charge is 2.29. The molecule has 1 heterocycles. The van der Waals surface area contributed by atoms with E-state index >= 15 is 0 Å². The van der Waals surface area contributed by atoms with E-state index in [0.29, 0.717) is 17.4 Å². The van der Waals surface area contributed by atoms with E-state index in [0.717, 1.165) is 29.8 Å². The van der Waals surface area contributed by atoms with Crippen molar-refractivity contribution in [2.45, 2.75) is 45.6 Å². The number of nitrogens with zero attached hydrogens (tertiary/aromatic N) is 2. The van der Waals surface area contributed by atoms with Crippen LogP contribution in [-0.4, -0.2) is 20.6 Å². The van der Waals surface area contributed by atoms with E-state index in [-0.39, 0.29) is 0 Å². The molecule has 1 N–H and O–H groups in total. The summed E-state index contributed by atoms with van der Waals surface area (Å²) in [5, 5.41) is 9.08. The number of hydrogen-bond acceptors (Lipinski definition) is 2. The van der Waals surface area contributed by atoms with Crippen LogP contribution < -0.4 is 0 Å². The van der Waals surface area contributed by atoms with Crippen LogP contribution in [0, 0.1) is 5.92 Å². The summed E-state index contributed by atoms with van der Waals surface area (Å²) in [6.45, 7) is 5.41. The number of hydrogen-bond donors (Lipinski definition) is 1. The van der Waals surface area contributed by atoms with Crippen LogP contribution in [0.2, 0.25) is 0 Å². The molecule has 0 bridgehead atoms. The molecule has 0 saturated heterocycles. The number of aryl methyl sites for hydroxylation is 1. The summed E-state index contributed by atoms with van der Waals surface area (Å²) in [7, 11) is 0. The Morgan fingerprint density at radius 2 is 2.20 bits per heavy atom. The van der Waals surface area contributed by atoms with Gasteiger partial charge in [0.2, 0.25) is 0 Å². The van der Waals surface area contributed by atoms with E-state index in [1.807, 2.05) is 6.07 Å². The summed E-state index contributed by atoms with van der Waals surface area (Å²) in [6, 6.07) is 5.27. The number of carboxylic acids is 1. The lowest BCUT2D eigenvalue weighted by Gasteiger charge is -2.10. The number of aromatic carboxylic acids is 1. The number of carbonyl (C=O) groups is 1. The van der Waals surface area contributed by atoms with Gasteiger partial charge in [-0.2, -0.15) is 0 Å². The molecule has 1 aliphatic carbocycles. The van der Waals surface area contributed by atoms with Crippen LogP contribution in [0.5, 0.6) is 0 Å². The molecule has 20 heavy (non-hydrogen) atoms. The number of aromatic nitrogens is 2. The van der Waals surface area contributed by atoms with E-state index < -0.39 is 5.97 Å². The normalized spacial score (nSPS) is 15.2. The lowest BCUT2D eigenvalue weighted by Crippen LogP contribution is -2.05. The highest BCUT2D eigenvalue weighted by atomic mass is 16.4. The Morgan fingerprint density at radius 1 is 1.45 bits per heavy atom. The van der Waals surface area contributed by atoms with Crippen molar-refractivity contribution in [3.63, 3.8) is 0 Å². The quantitative estimate of drug-likeness (QED) is 0.903. The van der Waals surface area contributed by atoms with Crippen molar-refractivity contribution in [3.05, 3.63) is 29.6 Å². The standard InChI is InChI=1S/C16H20N2O2/c1-10(2)7-8-18-14-6-5-12(16(19)20)9-13(14)17-15(18)11-3-4-11/h5-6,9-11H,3-4,7-8H2,1-2H3,(H,19,20). The highest BCUT2D eigenvalue weighted by Crippen LogP contribution is 2.40. The molecule has 0 radical (unpaired) electrons. The molecule has 1 fully saturated rings. The molecule has 0 aliphatic heterocycles. The monoisotopic (exact) mass is 272 g/mol. The average molecular weight is 272 g/mol. The molecule has 1 aromatic heterocycles. The molecule has 2 aromatic rings. The van der Waals surface area contributed by atoms with Crippen molar-refractivity contribution in [3.8, 4) is 0 Å². The van der Waals surface area contributed by atoms with Gasteiger partial charge in [0.05, 0.1) is 16.6 Å². The summed E-state index contributed by atoms with van der Waals surface area (Å²) >= 11 is 0. The summed E-state index contributed by atoms with van der Waals surface area (Å²) in [5.74, 6) is 1.47. The zero-order chi connectivity index (χ0) is 14.3. The van der Waals surface area contributed by atoms with Crippen LogP contribution in [-0.2, 0) is 6.54 Å². The minimum Gasteiger partial charge on any atom is -0.478 e. The van der Waals surface area contributed by atoms with Gasteiger partial charge in [0.15, 0.2) is 0 Å². The second-order valence-electron chi connectivity index (χ2n) is 6.09. The van der Waals surface area contributed by atoms with Crippen LogP contribution in [0.4, 0.5) is 0 Å². The second kappa shape index (κ2) is 4.93. The molecule has 1 saturated carbocycles. The first-order valence-electron chi connectivity index (χ1n) is 7.29. The van der Waals surface area contributed by atoms with Gasteiger partial charge >= 0.3 is 5.97 Å². The van der Waals surface area contributed by atoms with Gasteiger partial charge in [0, 0.05) is 12.5 Å². The fourth-order valence-corrected chi connectivity index (χ4v) is 2.56. The second-order valence-corrected chi connectivity index (χ2v) is 6.09. The van der Waals surface area contributed by atoms with Gasteiger partial charge in [-0.3, -0.25) is 0 Å². The number of carboxylic acid groups (broad SMARTS) is 1. The molecule has 0 amide bonds. The minimum atomic E-state index is -0.892. The van der Waals surface area contributed by atoms with Crippen molar-refractivity contribution in [2.24, 2.45) is 5.92 Å². The van der Waals surface area contributed by atoms with Crippen LogP contribution >= 0.6 is 0 Å². The van der Waals surface area contributed by atoms with Gasteiger partial charge in [-0.15, -0.1) is 0 Å². The van der Waals surface area contributed by atoms with Gasteiger partial charge in [-0.25, -0.2) is 9.78 Å². The van der Waals surface area contributed by atoms with Crippen molar-refractivity contribution >= 4 is 17.0 Å². The topological polar surface area (TPSA) is 55.1 Å². The van der Waals surface area contributed by atoms with Crippen LogP contribution in [0.1, 0.15) is 55.2 Å². The third-order valence-electron chi connectivity index (χ3n) is 3.90. The molecule has 1 aromatic carbocycles. The predicted molar refractivity (Wildman–Crippen MR) is 78.1 cm³/mol. The summed E-state index contributed by atoms with van der Waals surface area (Å²) in [6.07, 6.45) is 3.53. The molecule has 1 aliphatic rings. The Bertz CT molecular complexity index is 654. The molecule has 4 heteroatoms. The molecule has 0 spiro atoms. The van der Waals surface area contributed by atoms with Crippen LogP contribution in [0.3, 0.4) is 0 Å². The Morgan fingerprint density at radius 3 is 2.80 bits per heavy atom. The molecule has 106 valence electrons. The molecular weight excluding hydrogens is 252 g/mol. The van der Waals surface area contributed by atoms with Crippen LogP contribution in [0.15, 0.2) is 18.2 Å². The van der Waals surface area contributed by atoms with E-state index in [9.17, 15) is 4.79 Å². The molecule has 3 rings (SSSR count). The largest absolute Gasteiger partial charge is 0.478 e. The van der Waals surface area contributed by atoms with E-state index in [1.54, 1.807) is 12.1 Å². The van der Waals surface area contributed by atoms with Gasteiger partial charge in [-0.1, -0.05) is 13.8 Å². The number of fused-ring (bicyclic) bond motifs is 1. The van der Waals surface area contributed by atoms with Crippen molar-refractivity contribution in [1.29, 1.82) is 0 Å². The Kier molecular flexibility index (Phi) is 3.24. The SMILES string of the molecule is CC(C)CCn1c(C2CC2)nc2cc(C(=O)O)ccc21. The van der Waals surface area contributed by atoms with Crippen molar-refractivity contribution in [1.82, 2.24) is 9.55 Å². The van der Waals surface area contributed by atoms with E-state index in [1.165, 1.54) is 12.8 Å².